The SMILES string of the molecule is FC(F)(F)c1cccc(N2CCN(CCCCNc3cc(-c4ccc5c(c4)OCO5)ccn3)CC2)c1. The molecule has 3 heterocycles. The zero-order valence-electron chi connectivity index (χ0n) is 19.9. The minimum atomic E-state index is -4.31. The molecule has 0 amide bonds. The van der Waals surface area contributed by atoms with Gasteiger partial charge in [-0.25, -0.2) is 4.98 Å². The Balaban J connectivity index is 1.04. The first-order chi connectivity index (χ1) is 17.5. The predicted octanol–water partition coefficient (Wildman–Crippen LogP) is 5.51. The van der Waals surface area contributed by atoms with Crippen molar-refractivity contribution in [3.05, 3.63) is 66.4 Å². The summed E-state index contributed by atoms with van der Waals surface area (Å²) in [4.78, 5) is 8.84. The Kier molecular flexibility index (Phi) is 7.18. The van der Waals surface area contributed by atoms with E-state index in [1.807, 2.05) is 35.2 Å². The summed E-state index contributed by atoms with van der Waals surface area (Å²) in [5, 5.41) is 3.41. The minimum Gasteiger partial charge on any atom is -0.454 e. The fourth-order valence-electron chi connectivity index (χ4n) is 4.57. The van der Waals surface area contributed by atoms with Gasteiger partial charge in [0.2, 0.25) is 6.79 Å². The van der Waals surface area contributed by atoms with Gasteiger partial charge in [-0.3, -0.25) is 4.90 Å². The van der Waals surface area contributed by atoms with Crippen molar-refractivity contribution < 1.29 is 22.6 Å². The maximum absolute atomic E-state index is 13.0. The van der Waals surface area contributed by atoms with Gasteiger partial charge in [0.15, 0.2) is 11.5 Å². The number of pyridine rings is 1. The Morgan fingerprint density at radius 3 is 2.50 bits per heavy atom. The summed E-state index contributed by atoms with van der Waals surface area (Å²) in [7, 11) is 0. The molecule has 5 rings (SSSR count). The number of nitrogens with one attached hydrogen (secondary N) is 1. The highest BCUT2D eigenvalue weighted by Gasteiger charge is 2.31. The Bertz CT molecular complexity index is 1180. The minimum absolute atomic E-state index is 0.257. The van der Waals surface area contributed by atoms with Crippen LogP contribution < -0.4 is 19.7 Å². The van der Waals surface area contributed by atoms with Crippen molar-refractivity contribution in [1.29, 1.82) is 0 Å². The molecule has 190 valence electrons. The van der Waals surface area contributed by atoms with Gasteiger partial charge in [0.05, 0.1) is 5.56 Å². The molecule has 0 bridgehead atoms. The summed E-state index contributed by atoms with van der Waals surface area (Å²) < 4.78 is 49.9. The second-order valence-electron chi connectivity index (χ2n) is 9.01. The number of benzene rings is 2. The molecule has 0 radical (unpaired) electrons. The number of piperazine rings is 1. The zero-order valence-corrected chi connectivity index (χ0v) is 19.9. The van der Waals surface area contributed by atoms with Crippen LogP contribution in [-0.4, -0.2) is 55.9 Å². The molecule has 0 unspecified atom stereocenters. The Hall–Kier alpha value is -3.46. The number of hydrogen-bond donors (Lipinski definition) is 1. The van der Waals surface area contributed by atoms with E-state index in [4.69, 9.17) is 9.47 Å². The van der Waals surface area contributed by atoms with Crippen molar-refractivity contribution in [2.75, 3.05) is 56.3 Å². The normalized spacial score (nSPS) is 15.8. The fraction of sp³-hybridized carbons (Fsp3) is 0.370. The fourth-order valence-corrected chi connectivity index (χ4v) is 4.57. The number of alkyl halides is 3. The van der Waals surface area contributed by atoms with Crippen molar-refractivity contribution in [2.45, 2.75) is 19.0 Å². The van der Waals surface area contributed by atoms with Crippen LogP contribution in [0, 0.1) is 0 Å². The maximum Gasteiger partial charge on any atom is 0.416 e. The predicted molar refractivity (Wildman–Crippen MR) is 134 cm³/mol. The summed E-state index contributed by atoms with van der Waals surface area (Å²) in [6.07, 6.45) is -0.469. The smallest absolute Gasteiger partial charge is 0.416 e. The van der Waals surface area contributed by atoms with Crippen LogP contribution in [0.1, 0.15) is 18.4 Å². The first kappa shape index (κ1) is 24.2. The molecule has 0 spiro atoms. The van der Waals surface area contributed by atoms with Crippen LogP contribution in [-0.2, 0) is 6.18 Å². The molecule has 6 nitrogen and oxygen atoms in total. The Morgan fingerprint density at radius 1 is 0.861 bits per heavy atom. The van der Waals surface area contributed by atoms with E-state index in [9.17, 15) is 13.2 Å². The molecule has 1 aromatic heterocycles. The molecular formula is C27H29F3N4O2. The van der Waals surface area contributed by atoms with E-state index in [0.717, 1.165) is 86.6 Å². The molecule has 0 saturated carbocycles. The van der Waals surface area contributed by atoms with Crippen LogP contribution in [0.4, 0.5) is 24.7 Å². The van der Waals surface area contributed by atoms with E-state index in [2.05, 4.69) is 15.2 Å². The maximum atomic E-state index is 13.0. The summed E-state index contributed by atoms with van der Waals surface area (Å²) in [5.74, 6) is 2.36. The van der Waals surface area contributed by atoms with Gasteiger partial charge in [-0.15, -0.1) is 0 Å². The second kappa shape index (κ2) is 10.7. The molecular weight excluding hydrogens is 469 g/mol. The summed E-state index contributed by atoms with van der Waals surface area (Å²) in [6.45, 7) is 5.22. The molecule has 1 N–H and O–H groups in total. The average molecular weight is 499 g/mol. The molecule has 0 atom stereocenters. The summed E-state index contributed by atoms with van der Waals surface area (Å²) in [5.41, 5.74) is 2.16. The van der Waals surface area contributed by atoms with Crippen molar-refractivity contribution in [2.24, 2.45) is 0 Å². The van der Waals surface area contributed by atoms with Crippen molar-refractivity contribution in [3.63, 3.8) is 0 Å². The highest BCUT2D eigenvalue weighted by Crippen LogP contribution is 2.36. The van der Waals surface area contributed by atoms with Gasteiger partial charge >= 0.3 is 6.18 Å². The van der Waals surface area contributed by atoms with Crippen LogP contribution in [0.15, 0.2) is 60.8 Å². The molecule has 9 heteroatoms. The average Bonchev–Trinajstić information content (AvgIpc) is 3.37. The standard InChI is InChI=1S/C27H29F3N4O2/c28-27(29,30)22-4-3-5-23(18-22)34-14-12-33(13-15-34)11-2-1-9-31-26-17-21(8-10-32-26)20-6-7-24-25(16-20)36-19-35-24/h3-8,10,16-18H,1-2,9,11-15,19H2,(H,31,32). The lowest BCUT2D eigenvalue weighted by atomic mass is 10.1. The van der Waals surface area contributed by atoms with Gasteiger partial charge < -0.3 is 19.7 Å². The van der Waals surface area contributed by atoms with E-state index in [1.54, 1.807) is 12.3 Å². The number of halogens is 3. The molecule has 3 aromatic rings. The van der Waals surface area contributed by atoms with Crippen LogP contribution in [0.5, 0.6) is 11.5 Å². The Morgan fingerprint density at radius 2 is 1.67 bits per heavy atom. The van der Waals surface area contributed by atoms with Crippen molar-refractivity contribution >= 4 is 11.5 Å². The first-order valence-electron chi connectivity index (χ1n) is 12.2. The van der Waals surface area contributed by atoms with E-state index in [-0.39, 0.29) is 6.79 Å². The summed E-state index contributed by atoms with van der Waals surface area (Å²) in [6, 6.07) is 15.5. The third kappa shape index (κ3) is 5.84. The molecule has 0 aliphatic carbocycles. The lowest BCUT2D eigenvalue weighted by Gasteiger charge is -2.36. The van der Waals surface area contributed by atoms with Gasteiger partial charge in [-0.2, -0.15) is 13.2 Å². The molecule has 1 saturated heterocycles. The van der Waals surface area contributed by atoms with Gasteiger partial charge in [0, 0.05) is 44.6 Å². The largest absolute Gasteiger partial charge is 0.454 e. The zero-order chi connectivity index (χ0) is 25.0. The number of aromatic nitrogens is 1. The quantitative estimate of drug-likeness (QED) is 0.414. The third-order valence-electron chi connectivity index (χ3n) is 6.58. The number of ether oxygens (including phenoxy) is 2. The van der Waals surface area contributed by atoms with Gasteiger partial charge in [0.25, 0.3) is 0 Å². The molecule has 2 aliphatic rings. The first-order valence-corrected chi connectivity index (χ1v) is 12.2. The number of fused-ring (bicyclic) bond motifs is 1. The van der Waals surface area contributed by atoms with Crippen LogP contribution in [0.3, 0.4) is 0 Å². The lowest BCUT2D eigenvalue weighted by Crippen LogP contribution is -2.46. The highest BCUT2D eigenvalue weighted by molar-refractivity contribution is 5.69. The van der Waals surface area contributed by atoms with Crippen molar-refractivity contribution in [3.8, 4) is 22.6 Å². The van der Waals surface area contributed by atoms with Gasteiger partial charge in [-0.05, 0) is 73.0 Å². The van der Waals surface area contributed by atoms with Crippen molar-refractivity contribution in [1.82, 2.24) is 9.88 Å². The number of anilines is 2. The number of rotatable bonds is 8. The third-order valence-corrected chi connectivity index (χ3v) is 6.58. The molecule has 2 aliphatic heterocycles. The second-order valence-corrected chi connectivity index (χ2v) is 9.01. The van der Waals surface area contributed by atoms with E-state index in [0.29, 0.717) is 5.69 Å². The molecule has 36 heavy (non-hydrogen) atoms. The van der Waals surface area contributed by atoms with Crippen LogP contribution in [0.25, 0.3) is 11.1 Å². The molecule has 2 aromatic carbocycles. The van der Waals surface area contributed by atoms with Gasteiger partial charge in [0.1, 0.15) is 5.82 Å². The lowest BCUT2D eigenvalue weighted by molar-refractivity contribution is -0.137. The molecule has 1 fully saturated rings. The summed E-state index contributed by atoms with van der Waals surface area (Å²) >= 11 is 0. The number of nitrogens with zero attached hydrogens (tertiary/aromatic N) is 3. The van der Waals surface area contributed by atoms with E-state index >= 15 is 0 Å². The van der Waals surface area contributed by atoms with Crippen LogP contribution >= 0.6 is 0 Å². The van der Waals surface area contributed by atoms with E-state index < -0.39 is 11.7 Å². The Labute approximate surface area is 208 Å². The number of hydrogen-bond acceptors (Lipinski definition) is 6. The monoisotopic (exact) mass is 498 g/mol. The van der Waals surface area contributed by atoms with Crippen LogP contribution in [0.2, 0.25) is 0 Å². The number of unbranched alkanes of at least 4 members (excludes halogenated alkanes) is 1. The highest BCUT2D eigenvalue weighted by atomic mass is 19.4. The topological polar surface area (TPSA) is 49.9 Å². The van der Waals surface area contributed by atoms with Gasteiger partial charge in [-0.1, -0.05) is 12.1 Å². The van der Waals surface area contributed by atoms with E-state index in [1.165, 1.54) is 12.1 Å².